The Labute approximate surface area is 204 Å². The van der Waals surface area contributed by atoms with Gasteiger partial charge in [0.25, 0.3) is 5.56 Å². The van der Waals surface area contributed by atoms with E-state index in [0.717, 1.165) is 11.1 Å². The SMILES string of the molecule is COc1cccc(Cn2c(=O)c3c(ncn3Cc3ccc(F)cc3)n(-c3cccc(Cl)c3)c2=O)c1. The highest BCUT2D eigenvalue weighted by atomic mass is 35.5. The molecule has 0 aliphatic carbocycles. The van der Waals surface area contributed by atoms with Gasteiger partial charge in [0.05, 0.1) is 25.7 Å². The monoisotopic (exact) mass is 490 g/mol. The first-order valence-corrected chi connectivity index (χ1v) is 11.2. The standard InChI is InChI=1S/C26H20ClFN4O3/c1-35-22-7-2-4-18(12-22)15-31-25(33)23-24(32(26(31)34)21-6-3-5-19(27)13-21)29-16-30(23)14-17-8-10-20(28)11-9-17/h2-13,16H,14-15H2,1H3. The van der Waals surface area contributed by atoms with E-state index in [2.05, 4.69) is 4.98 Å². The van der Waals surface area contributed by atoms with Crippen LogP contribution in [0.2, 0.25) is 5.02 Å². The topological polar surface area (TPSA) is 71.1 Å². The highest BCUT2D eigenvalue weighted by Crippen LogP contribution is 2.19. The van der Waals surface area contributed by atoms with Crippen LogP contribution in [0.3, 0.4) is 0 Å². The number of benzene rings is 3. The number of imidazole rings is 1. The minimum Gasteiger partial charge on any atom is -0.497 e. The fraction of sp³-hybridized carbons (Fsp3) is 0.115. The largest absolute Gasteiger partial charge is 0.497 e. The molecule has 0 atom stereocenters. The van der Waals surface area contributed by atoms with Crippen molar-refractivity contribution in [1.29, 1.82) is 0 Å². The van der Waals surface area contributed by atoms with Crippen LogP contribution in [-0.4, -0.2) is 25.8 Å². The molecule has 35 heavy (non-hydrogen) atoms. The van der Waals surface area contributed by atoms with Gasteiger partial charge < -0.3 is 9.30 Å². The number of hydrogen-bond donors (Lipinski definition) is 0. The van der Waals surface area contributed by atoms with Crippen LogP contribution in [0, 0.1) is 5.82 Å². The van der Waals surface area contributed by atoms with Gasteiger partial charge >= 0.3 is 5.69 Å². The average Bonchev–Trinajstić information content (AvgIpc) is 3.26. The van der Waals surface area contributed by atoms with E-state index in [-0.39, 0.29) is 30.1 Å². The zero-order chi connectivity index (χ0) is 24.5. The van der Waals surface area contributed by atoms with E-state index in [9.17, 15) is 14.0 Å². The lowest BCUT2D eigenvalue weighted by atomic mass is 10.2. The van der Waals surface area contributed by atoms with E-state index in [0.29, 0.717) is 16.5 Å². The van der Waals surface area contributed by atoms with Crippen molar-refractivity contribution in [3.8, 4) is 11.4 Å². The van der Waals surface area contributed by atoms with E-state index >= 15 is 0 Å². The molecule has 3 aromatic carbocycles. The lowest BCUT2D eigenvalue weighted by Crippen LogP contribution is -2.40. The number of ether oxygens (including phenoxy) is 1. The molecule has 0 fully saturated rings. The summed E-state index contributed by atoms with van der Waals surface area (Å²) in [6.45, 7) is 0.312. The van der Waals surface area contributed by atoms with Crippen molar-refractivity contribution >= 4 is 22.8 Å². The lowest BCUT2D eigenvalue weighted by molar-refractivity contribution is 0.414. The van der Waals surface area contributed by atoms with Gasteiger partial charge in [0.15, 0.2) is 11.2 Å². The van der Waals surface area contributed by atoms with Crippen molar-refractivity contribution in [1.82, 2.24) is 18.7 Å². The summed E-state index contributed by atoms with van der Waals surface area (Å²) >= 11 is 6.20. The highest BCUT2D eigenvalue weighted by molar-refractivity contribution is 6.30. The van der Waals surface area contributed by atoms with Crippen molar-refractivity contribution < 1.29 is 9.13 Å². The van der Waals surface area contributed by atoms with Crippen LogP contribution in [0.15, 0.2) is 88.7 Å². The Bertz CT molecular complexity index is 1650. The molecule has 0 amide bonds. The number of rotatable bonds is 6. The molecule has 5 aromatic rings. The lowest BCUT2D eigenvalue weighted by Gasteiger charge is -2.13. The number of aromatic nitrogens is 4. The molecular weight excluding hydrogens is 471 g/mol. The Morgan fingerprint density at radius 2 is 1.71 bits per heavy atom. The highest BCUT2D eigenvalue weighted by Gasteiger charge is 2.20. The molecule has 0 N–H and O–H groups in total. The van der Waals surface area contributed by atoms with E-state index in [1.165, 1.54) is 27.6 Å². The number of halogens is 2. The summed E-state index contributed by atoms with van der Waals surface area (Å²) in [6, 6.07) is 20.0. The molecule has 176 valence electrons. The quantitative estimate of drug-likeness (QED) is 0.357. The maximum atomic E-state index is 13.7. The molecule has 0 saturated heterocycles. The second-order valence-corrected chi connectivity index (χ2v) is 8.45. The smallest absolute Gasteiger partial charge is 0.337 e. The van der Waals surface area contributed by atoms with Crippen LogP contribution >= 0.6 is 11.6 Å². The summed E-state index contributed by atoms with van der Waals surface area (Å²) in [7, 11) is 1.55. The van der Waals surface area contributed by atoms with Crippen LogP contribution in [-0.2, 0) is 13.1 Å². The predicted octanol–water partition coefficient (Wildman–Crippen LogP) is 4.25. The van der Waals surface area contributed by atoms with Gasteiger partial charge in [-0.1, -0.05) is 41.9 Å². The van der Waals surface area contributed by atoms with Crippen LogP contribution in [0.4, 0.5) is 4.39 Å². The molecule has 9 heteroatoms. The fourth-order valence-corrected chi connectivity index (χ4v) is 4.21. The van der Waals surface area contributed by atoms with Gasteiger partial charge in [-0.25, -0.2) is 18.7 Å². The molecule has 5 rings (SSSR count). The molecule has 0 unspecified atom stereocenters. The molecular formula is C26H20ClFN4O3. The Morgan fingerprint density at radius 1 is 0.943 bits per heavy atom. The van der Waals surface area contributed by atoms with Crippen LogP contribution in [0.5, 0.6) is 5.75 Å². The number of fused-ring (bicyclic) bond motifs is 1. The van der Waals surface area contributed by atoms with E-state index in [1.54, 1.807) is 66.3 Å². The molecule has 0 aliphatic heterocycles. The normalized spacial score (nSPS) is 11.2. The molecule has 0 radical (unpaired) electrons. The first-order valence-electron chi connectivity index (χ1n) is 10.8. The van der Waals surface area contributed by atoms with Crippen molar-refractivity contribution in [3.63, 3.8) is 0 Å². The number of hydrogen-bond acceptors (Lipinski definition) is 4. The molecule has 0 saturated carbocycles. The Balaban J connectivity index is 1.74. The Hall–Kier alpha value is -4.17. The number of methoxy groups -OCH3 is 1. The van der Waals surface area contributed by atoms with Crippen LogP contribution < -0.4 is 16.0 Å². The summed E-state index contributed by atoms with van der Waals surface area (Å²) in [5.74, 6) is 0.271. The second-order valence-electron chi connectivity index (χ2n) is 8.01. The minimum absolute atomic E-state index is 0.0348. The third kappa shape index (κ3) is 4.36. The summed E-state index contributed by atoms with van der Waals surface area (Å²) in [5, 5.41) is 0.443. The maximum Gasteiger partial charge on any atom is 0.337 e. The van der Waals surface area contributed by atoms with E-state index in [1.807, 2.05) is 6.07 Å². The van der Waals surface area contributed by atoms with Crippen LogP contribution in [0.25, 0.3) is 16.9 Å². The van der Waals surface area contributed by atoms with Gasteiger partial charge in [0.2, 0.25) is 0 Å². The zero-order valence-corrected chi connectivity index (χ0v) is 19.4. The molecule has 0 bridgehead atoms. The maximum absolute atomic E-state index is 13.7. The average molecular weight is 491 g/mol. The van der Waals surface area contributed by atoms with Crippen molar-refractivity contribution in [2.24, 2.45) is 0 Å². The van der Waals surface area contributed by atoms with Gasteiger partial charge in [-0.3, -0.25) is 9.36 Å². The van der Waals surface area contributed by atoms with E-state index < -0.39 is 11.2 Å². The van der Waals surface area contributed by atoms with Gasteiger partial charge in [-0.15, -0.1) is 0 Å². The molecule has 2 heterocycles. The van der Waals surface area contributed by atoms with Gasteiger partial charge in [0.1, 0.15) is 11.6 Å². The molecule has 7 nitrogen and oxygen atoms in total. The Kier molecular flexibility index (Phi) is 5.96. The summed E-state index contributed by atoms with van der Waals surface area (Å²) in [5.41, 5.74) is 1.43. The summed E-state index contributed by atoms with van der Waals surface area (Å²) < 4.78 is 22.9. The third-order valence-corrected chi connectivity index (χ3v) is 5.94. The summed E-state index contributed by atoms with van der Waals surface area (Å²) in [4.78, 5) is 31.7. The first-order chi connectivity index (χ1) is 16.9. The summed E-state index contributed by atoms with van der Waals surface area (Å²) in [6.07, 6.45) is 1.51. The van der Waals surface area contributed by atoms with Crippen molar-refractivity contribution in [2.75, 3.05) is 7.11 Å². The van der Waals surface area contributed by atoms with Gasteiger partial charge in [-0.05, 0) is 53.6 Å². The molecule has 2 aromatic heterocycles. The molecule has 0 aliphatic rings. The van der Waals surface area contributed by atoms with Gasteiger partial charge in [0, 0.05) is 11.6 Å². The zero-order valence-electron chi connectivity index (χ0n) is 18.7. The van der Waals surface area contributed by atoms with Gasteiger partial charge in [-0.2, -0.15) is 0 Å². The van der Waals surface area contributed by atoms with E-state index in [4.69, 9.17) is 16.3 Å². The number of nitrogens with zero attached hydrogens (tertiary/aromatic N) is 4. The van der Waals surface area contributed by atoms with Crippen molar-refractivity contribution in [2.45, 2.75) is 13.1 Å². The first kappa shape index (κ1) is 22.6. The van der Waals surface area contributed by atoms with Crippen molar-refractivity contribution in [3.05, 3.63) is 122 Å². The minimum atomic E-state index is -0.542. The predicted molar refractivity (Wildman–Crippen MR) is 132 cm³/mol. The fourth-order valence-electron chi connectivity index (χ4n) is 4.03. The third-order valence-electron chi connectivity index (χ3n) is 5.71. The molecule has 0 spiro atoms. The van der Waals surface area contributed by atoms with Crippen LogP contribution in [0.1, 0.15) is 11.1 Å². The second kappa shape index (κ2) is 9.23. The Morgan fingerprint density at radius 3 is 2.46 bits per heavy atom.